The first-order valence-electron chi connectivity index (χ1n) is 10.0. The molecule has 4 rings (SSSR count). The molecule has 9 heteroatoms. The molecule has 0 bridgehead atoms. The molecular weight excluding hydrogens is 401 g/mol. The van der Waals surface area contributed by atoms with Gasteiger partial charge in [0, 0.05) is 24.2 Å². The molecule has 0 aliphatic carbocycles. The summed E-state index contributed by atoms with van der Waals surface area (Å²) < 4.78 is 25.3. The Morgan fingerprint density at radius 2 is 2.10 bits per heavy atom. The number of aromatic nitrogens is 3. The fourth-order valence-corrected chi connectivity index (χ4v) is 3.56. The van der Waals surface area contributed by atoms with E-state index in [0.29, 0.717) is 54.6 Å². The SMILES string of the molecule is Cc1onc(C(=O)N2CCO[C@@H](c3cncc(-c4ccccc4F)n3)C2)c1CN(C)C. The molecule has 0 N–H and O–H groups in total. The lowest BCUT2D eigenvalue weighted by Gasteiger charge is -2.32. The number of ether oxygens (including phenoxy) is 1. The second-order valence-corrected chi connectivity index (χ2v) is 7.72. The standard InChI is InChI=1S/C22H24FN5O3/c1-14-16(12-27(2)3)21(26-31-14)22(29)28-8-9-30-20(13-28)19-11-24-10-18(25-19)15-6-4-5-7-17(15)23/h4-7,10-11,20H,8-9,12-13H2,1-3H3/t20-/m1/s1. The number of hydrogen-bond donors (Lipinski definition) is 0. The summed E-state index contributed by atoms with van der Waals surface area (Å²) >= 11 is 0. The lowest BCUT2D eigenvalue weighted by molar-refractivity contribution is -0.0251. The normalized spacial score (nSPS) is 16.7. The van der Waals surface area contributed by atoms with Gasteiger partial charge in [0.15, 0.2) is 5.69 Å². The van der Waals surface area contributed by atoms with E-state index in [-0.39, 0.29) is 11.7 Å². The van der Waals surface area contributed by atoms with Gasteiger partial charge < -0.3 is 19.1 Å². The van der Waals surface area contributed by atoms with Gasteiger partial charge in [-0.1, -0.05) is 17.3 Å². The lowest BCUT2D eigenvalue weighted by Crippen LogP contribution is -2.43. The van der Waals surface area contributed by atoms with E-state index in [2.05, 4.69) is 15.1 Å². The largest absolute Gasteiger partial charge is 0.368 e. The van der Waals surface area contributed by atoms with Crippen molar-refractivity contribution in [3.05, 3.63) is 65.2 Å². The molecule has 1 amide bonds. The number of hydrogen-bond acceptors (Lipinski definition) is 7. The third kappa shape index (κ3) is 4.47. The minimum atomic E-state index is -0.470. The number of benzene rings is 1. The number of halogens is 1. The Morgan fingerprint density at radius 3 is 2.87 bits per heavy atom. The van der Waals surface area contributed by atoms with Gasteiger partial charge in [0.05, 0.1) is 36.9 Å². The van der Waals surface area contributed by atoms with Gasteiger partial charge in [0.25, 0.3) is 5.91 Å². The molecule has 3 aromatic rings. The molecule has 1 aliphatic heterocycles. The van der Waals surface area contributed by atoms with E-state index in [1.165, 1.54) is 12.3 Å². The van der Waals surface area contributed by atoms with Crippen molar-refractivity contribution >= 4 is 5.91 Å². The van der Waals surface area contributed by atoms with Crippen LogP contribution in [0, 0.1) is 12.7 Å². The number of rotatable bonds is 5. The van der Waals surface area contributed by atoms with Crippen LogP contribution >= 0.6 is 0 Å². The van der Waals surface area contributed by atoms with Crippen molar-refractivity contribution in [1.82, 2.24) is 24.9 Å². The molecule has 162 valence electrons. The number of morpholine rings is 1. The molecule has 1 aromatic carbocycles. The van der Waals surface area contributed by atoms with Gasteiger partial charge in [-0.2, -0.15) is 0 Å². The van der Waals surface area contributed by atoms with E-state index in [1.54, 1.807) is 36.2 Å². The fourth-order valence-electron chi connectivity index (χ4n) is 3.56. The van der Waals surface area contributed by atoms with Crippen LogP contribution in [0.4, 0.5) is 4.39 Å². The number of carbonyl (C=O) groups is 1. The molecule has 8 nitrogen and oxygen atoms in total. The molecule has 0 radical (unpaired) electrons. The highest BCUT2D eigenvalue weighted by molar-refractivity contribution is 5.94. The molecule has 1 atom stereocenters. The second kappa shape index (κ2) is 8.91. The van der Waals surface area contributed by atoms with Crippen LogP contribution in [-0.4, -0.2) is 64.6 Å². The summed E-state index contributed by atoms with van der Waals surface area (Å²) in [6.45, 7) is 3.43. The van der Waals surface area contributed by atoms with Crippen molar-refractivity contribution in [1.29, 1.82) is 0 Å². The number of aryl methyl sites for hydroxylation is 1. The Morgan fingerprint density at radius 1 is 1.29 bits per heavy atom. The zero-order valence-corrected chi connectivity index (χ0v) is 17.7. The van der Waals surface area contributed by atoms with Crippen molar-refractivity contribution in [2.75, 3.05) is 33.8 Å². The molecule has 3 heterocycles. The Kier molecular flexibility index (Phi) is 6.06. The fraction of sp³-hybridized carbons (Fsp3) is 0.364. The van der Waals surface area contributed by atoms with Crippen LogP contribution in [0.3, 0.4) is 0 Å². The first-order chi connectivity index (χ1) is 14.9. The van der Waals surface area contributed by atoms with Gasteiger partial charge >= 0.3 is 0 Å². The Labute approximate surface area is 179 Å². The molecule has 1 fully saturated rings. The monoisotopic (exact) mass is 425 g/mol. The minimum absolute atomic E-state index is 0.208. The van der Waals surface area contributed by atoms with Gasteiger partial charge in [0.1, 0.15) is 17.7 Å². The van der Waals surface area contributed by atoms with Gasteiger partial charge in [-0.25, -0.2) is 9.37 Å². The summed E-state index contributed by atoms with van der Waals surface area (Å²) in [7, 11) is 3.85. The molecule has 2 aromatic heterocycles. The Balaban J connectivity index is 1.55. The predicted molar refractivity (Wildman–Crippen MR) is 111 cm³/mol. The van der Waals surface area contributed by atoms with E-state index >= 15 is 0 Å². The van der Waals surface area contributed by atoms with Crippen LogP contribution in [0.1, 0.15) is 33.6 Å². The van der Waals surface area contributed by atoms with Crippen molar-refractivity contribution in [3.8, 4) is 11.3 Å². The highest BCUT2D eigenvalue weighted by atomic mass is 19.1. The third-order valence-electron chi connectivity index (χ3n) is 5.15. The van der Waals surface area contributed by atoms with Gasteiger partial charge in [-0.3, -0.25) is 9.78 Å². The van der Waals surface area contributed by atoms with E-state index in [9.17, 15) is 9.18 Å². The smallest absolute Gasteiger partial charge is 0.276 e. The van der Waals surface area contributed by atoms with Crippen LogP contribution in [0.15, 0.2) is 41.2 Å². The maximum atomic E-state index is 14.2. The van der Waals surface area contributed by atoms with Crippen LogP contribution in [0.5, 0.6) is 0 Å². The van der Waals surface area contributed by atoms with Crippen molar-refractivity contribution in [2.45, 2.75) is 19.6 Å². The molecule has 0 spiro atoms. The van der Waals surface area contributed by atoms with Crippen LogP contribution in [-0.2, 0) is 11.3 Å². The summed E-state index contributed by atoms with van der Waals surface area (Å²) in [6.07, 6.45) is 2.63. The number of amides is 1. The summed E-state index contributed by atoms with van der Waals surface area (Å²) in [5.41, 5.74) is 2.43. The maximum absolute atomic E-state index is 14.2. The highest BCUT2D eigenvalue weighted by Crippen LogP contribution is 2.26. The van der Waals surface area contributed by atoms with Crippen molar-refractivity contribution in [2.24, 2.45) is 0 Å². The zero-order valence-electron chi connectivity index (χ0n) is 17.7. The maximum Gasteiger partial charge on any atom is 0.276 e. The first kappa shape index (κ1) is 21.1. The summed E-state index contributed by atoms with van der Waals surface area (Å²) in [5.74, 6) is 0.0515. The van der Waals surface area contributed by atoms with Crippen molar-refractivity contribution < 1.29 is 18.4 Å². The molecule has 31 heavy (non-hydrogen) atoms. The summed E-state index contributed by atoms with van der Waals surface area (Å²) in [4.78, 5) is 25.6. The summed E-state index contributed by atoms with van der Waals surface area (Å²) in [6, 6.07) is 6.40. The molecule has 0 saturated carbocycles. The first-order valence-corrected chi connectivity index (χ1v) is 10.0. The number of carbonyl (C=O) groups excluding carboxylic acids is 1. The van der Waals surface area contributed by atoms with Gasteiger partial charge in [0.2, 0.25) is 0 Å². The van der Waals surface area contributed by atoms with Gasteiger partial charge in [-0.15, -0.1) is 0 Å². The quantitative estimate of drug-likeness (QED) is 0.621. The van der Waals surface area contributed by atoms with Crippen molar-refractivity contribution in [3.63, 3.8) is 0 Å². The van der Waals surface area contributed by atoms with Gasteiger partial charge in [-0.05, 0) is 33.2 Å². The molecule has 1 aliphatic rings. The average molecular weight is 425 g/mol. The van der Waals surface area contributed by atoms with Crippen LogP contribution < -0.4 is 0 Å². The van der Waals surface area contributed by atoms with Crippen LogP contribution in [0.2, 0.25) is 0 Å². The lowest BCUT2D eigenvalue weighted by atomic mass is 10.1. The average Bonchev–Trinajstić information content (AvgIpc) is 3.13. The summed E-state index contributed by atoms with van der Waals surface area (Å²) in [5, 5.41) is 4.00. The third-order valence-corrected chi connectivity index (χ3v) is 5.15. The van der Waals surface area contributed by atoms with E-state index < -0.39 is 6.10 Å². The Hall–Kier alpha value is -3.17. The highest BCUT2D eigenvalue weighted by Gasteiger charge is 2.31. The van der Waals surface area contributed by atoms with E-state index in [4.69, 9.17) is 9.26 Å². The Bertz CT molecular complexity index is 1080. The van der Waals surface area contributed by atoms with Crippen LogP contribution in [0.25, 0.3) is 11.3 Å². The van der Waals surface area contributed by atoms with E-state index in [1.807, 2.05) is 19.0 Å². The topological polar surface area (TPSA) is 84.6 Å². The molecule has 1 saturated heterocycles. The minimum Gasteiger partial charge on any atom is -0.368 e. The molecule has 0 unspecified atom stereocenters. The molecular formula is C22H24FN5O3. The predicted octanol–water partition coefficient (Wildman–Crippen LogP) is 2.85. The second-order valence-electron chi connectivity index (χ2n) is 7.72. The zero-order chi connectivity index (χ0) is 22.0. The van der Waals surface area contributed by atoms with E-state index in [0.717, 1.165) is 5.56 Å². The number of nitrogens with zero attached hydrogens (tertiary/aromatic N) is 5.